The molecule has 0 amide bonds. The summed E-state index contributed by atoms with van der Waals surface area (Å²) in [6.07, 6.45) is 7.30. The highest BCUT2D eigenvalue weighted by Gasteiger charge is 2.16. The molecule has 0 aromatic carbocycles. The van der Waals surface area contributed by atoms with Crippen molar-refractivity contribution >= 4 is 77.2 Å². The summed E-state index contributed by atoms with van der Waals surface area (Å²) in [4.78, 5) is 8.41. The fourth-order valence-electron chi connectivity index (χ4n) is 3.50. The lowest BCUT2D eigenvalue weighted by Crippen LogP contribution is -1.82. The molecule has 0 N–H and O–H groups in total. The van der Waals surface area contributed by atoms with E-state index in [1.165, 1.54) is 73.6 Å². The van der Waals surface area contributed by atoms with Crippen LogP contribution in [0.15, 0.2) is 44.0 Å². The largest absolute Gasteiger partial charge is 0.134 e. The summed E-state index contributed by atoms with van der Waals surface area (Å²) in [5.74, 6) is 0. The highest BCUT2D eigenvalue weighted by molar-refractivity contribution is 9.11. The topological polar surface area (TPSA) is 0 Å². The number of unbranched alkanes of at least 4 members (excludes halogenated alkanes) is 2. The first kappa shape index (κ1) is 22.9. The third kappa shape index (κ3) is 5.21. The SMILES string of the molecule is CCCCc1cc(Br)sc1-c1ccc(-c2ccc(-c3sc(Br)cc3CCCC)s2)s1. The highest BCUT2D eigenvalue weighted by Crippen LogP contribution is 2.46. The van der Waals surface area contributed by atoms with Crippen LogP contribution in [0.4, 0.5) is 0 Å². The lowest BCUT2D eigenvalue weighted by Gasteiger charge is -2.00. The van der Waals surface area contributed by atoms with Crippen LogP contribution in [0.1, 0.15) is 50.7 Å². The minimum Gasteiger partial charge on any atom is -0.134 e. The van der Waals surface area contributed by atoms with Crippen molar-refractivity contribution in [3.63, 3.8) is 0 Å². The van der Waals surface area contributed by atoms with Gasteiger partial charge in [-0.1, -0.05) is 26.7 Å². The predicted octanol–water partition coefficient (Wildman–Crippen LogP) is 11.1. The van der Waals surface area contributed by atoms with Gasteiger partial charge in [0.2, 0.25) is 0 Å². The van der Waals surface area contributed by atoms with Gasteiger partial charge in [-0.05, 0) is 105 Å². The van der Waals surface area contributed by atoms with Crippen molar-refractivity contribution in [2.45, 2.75) is 52.4 Å². The van der Waals surface area contributed by atoms with Gasteiger partial charge in [-0.15, -0.1) is 45.3 Å². The Balaban J connectivity index is 1.60. The summed E-state index contributed by atoms with van der Waals surface area (Å²) < 4.78 is 2.47. The van der Waals surface area contributed by atoms with Gasteiger partial charge in [0.15, 0.2) is 0 Å². The van der Waals surface area contributed by atoms with Gasteiger partial charge in [0.1, 0.15) is 0 Å². The van der Waals surface area contributed by atoms with Crippen LogP contribution in [0.2, 0.25) is 0 Å². The molecule has 4 aromatic rings. The summed E-state index contributed by atoms with van der Waals surface area (Å²) in [5, 5.41) is 0. The summed E-state index contributed by atoms with van der Waals surface area (Å²) >= 11 is 15.0. The summed E-state index contributed by atoms with van der Waals surface area (Å²) in [6, 6.07) is 13.8. The molecule has 4 heterocycles. The fraction of sp³-hybridized carbons (Fsp3) is 0.333. The van der Waals surface area contributed by atoms with Crippen molar-refractivity contribution in [3.8, 4) is 29.3 Å². The second-order valence-electron chi connectivity index (χ2n) is 7.34. The smallest absolute Gasteiger partial charge is 0.0708 e. The van der Waals surface area contributed by atoms with Crippen LogP contribution in [0.25, 0.3) is 29.3 Å². The van der Waals surface area contributed by atoms with Gasteiger partial charge in [0, 0.05) is 29.3 Å². The Bertz CT molecular complexity index is 1020. The number of hydrogen-bond donors (Lipinski definition) is 0. The van der Waals surface area contributed by atoms with E-state index in [2.05, 4.69) is 82.1 Å². The maximum Gasteiger partial charge on any atom is 0.0708 e. The molecule has 0 spiro atoms. The molecule has 0 nitrogen and oxygen atoms in total. The van der Waals surface area contributed by atoms with Crippen molar-refractivity contribution in [2.24, 2.45) is 0 Å². The molecule has 0 aliphatic rings. The van der Waals surface area contributed by atoms with E-state index < -0.39 is 0 Å². The van der Waals surface area contributed by atoms with Gasteiger partial charge in [-0.3, -0.25) is 0 Å². The minimum atomic E-state index is 1.16. The fourth-order valence-corrected chi connectivity index (χ4v) is 9.29. The van der Waals surface area contributed by atoms with E-state index >= 15 is 0 Å². The zero-order chi connectivity index (χ0) is 21.1. The zero-order valence-corrected chi connectivity index (χ0v) is 23.5. The average molecular weight is 601 g/mol. The average Bonchev–Trinajstić information content (AvgIpc) is 3.50. The quantitative estimate of drug-likeness (QED) is 0.179. The van der Waals surface area contributed by atoms with Crippen LogP contribution in [-0.2, 0) is 12.8 Å². The lowest BCUT2D eigenvalue weighted by molar-refractivity contribution is 0.798. The molecule has 0 bridgehead atoms. The zero-order valence-electron chi connectivity index (χ0n) is 17.1. The third-order valence-corrected chi connectivity index (χ3v) is 11.1. The molecule has 0 aliphatic heterocycles. The van der Waals surface area contributed by atoms with Crippen molar-refractivity contribution in [1.82, 2.24) is 0 Å². The van der Waals surface area contributed by atoms with Gasteiger partial charge in [-0.25, -0.2) is 0 Å². The van der Waals surface area contributed by atoms with Gasteiger partial charge in [0.25, 0.3) is 0 Å². The second kappa shape index (κ2) is 10.6. The molecule has 6 heteroatoms. The summed E-state index contributed by atoms with van der Waals surface area (Å²) in [6.45, 7) is 4.52. The minimum absolute atomic E-state index is 1.16. The Hall–Kier alpha value is -0.240. The first-order valence-corrected chi connectivity index (χ1v) is 15.2. The maximum atomic E-state index is 3.70. The first-order valence-electron chi connectivity index (χ1n) is 10.4. The Morgan fingerprint density at radius 2 is 1.00 bits per heavy atom. The highest BCUT2D eigenvalue weighted by atomic mass is 79.9. The van der Waals surface area contributed by atoms with Crippen LogP contribution in [0, 0.1) is 0 Å². The molecule has 4 aromatic heterocycles. The molecule has 0 saturated carbocycles. The Morgan fingerprint density at radius 3 is 1.40 bits per heavy atom. The van der Waals surface area contributed by atoms with Crippen LogP contribution in [-0.4, -0.2) is 0 Å². The van der Waals surface area contributed by atoms with Crippen LogP contribution in [0.5, 0.6) is 0 Å². The number of hydrogen-bond acceptors (Lipinski definition) is 4. The van der Waals surface area contributed by atoms with Crippen molar-refractivity contribution in [1.29, 1.82) is 0 Å². The van der Waals surface area contributed by atoms with Gasteiger partial charge in [-0.2, -0.15) is 0 Å². The maximum absolute atomic E-state index is 3.70. The molecular formula is C24H24Br2S4. The molecule has 158 valence electrons. The van der Waals surface area contributed by atoms with Crippen LogP contribution < -0.4 is 0 Å². The van der Waals surface area contributed by atoms with E-state index in [9.17, 15) is 0 Å². The van der Waals surface area contributed by atoms with Crippen molar-refractivity contribution < 1.29 is 0 Å². The molecule has 0 atom stereocenters. The first-order chi connectivity index (χ1) is 14.6. The Labute approximate surface area is 212 Å². The van der Waals surface area contributed by atoms with E-state index in [1.54, 1.807) is 0 Å². The van der Waals surface area contributed by atoms with Crippen molar-refractivity contribution in [3.05, 3.63) is 55.1 Å². The lowest BCUT2D eigenvalue weighted by atomic mass is 10.1. The van der Waals surface area contributed by atoms with Gasteiger partial charge >= 0.3 is 0 Å². The number of aryl methyl sites for hydroxylation is 2. The van der Waals surface area contributed by atoms with E-state index in [0.717, 1.165) is 12.8 Å². The number of rotatable bonds is 9. The molecule has 0 radical (unpaired) electrons. The molecule has 4 rings (SSSR count). The number of thiophene rings is 4. The molecule has 0 fully saturated rings. The summed E-state index contributed by atoms with van der Waals surface area (Å²) in [5.41, 5.74) is 2.97. The second-order valence-corrected chi connectivity index (χ2v) is 14.4. The summed E-state index contributed by atoms with van der Waals surface area (Å²) in [7, 11) is 0. The predicted molar refractivity (Wildman–Crippen MR) is 147 cm³/mol. The molecule has 30 heavy (non-hydrogen) atoms. The molecular weight excluding hydrogens is 576 g/mol. The van der Waals surface area contributed by atoms with E-state index in [-0.39, 0.29) is 0 Å². The van der Waals surface area contributed by atoms with E-state index in [4.69, 9.17) is 0 Å². The Morgan fingerprint density at radius 1 is 0.600 bits per heavy atom. The number of halogens is 2. The molecule has 0 unspecified atom stereocenters. The molecule has 0 aliphatic carbocycles. The standard InChI is InChI=1S/C24H24Br2S4/c1-3-5-7-15-13-21(25)29-23(15)19-11-9-17(27-19)18-10-12-20(28-18)24-16(8-6-4-2)14-22(26)30-24/h9-14H,3-8H2,1-2H3. The van der Waals surface area contributed by atoms with Gasteiger partial charge < -0.3 is 0 Å². The van der Waals surface area contributed by atoms with E-state index in [0.29, 0.717) is 0 Å². The molecule has 0 saturated heterocycles. The van der Waals surface area contributed by atoms with Gasteiger partial charge in [0.05, 0.1) is 7.57 Å². The van der Waals surface area contributed by atoms with Crippen LogP contribution in [0.3, 0.4) is 0 Å². The Kier molecular flexibility index (Phi) is 8.09. The third-order valence-electron chi connectivity index (χ3n) is 5.06. The monoisotopic (exact) mass is 598 g/mol. The normalized spacial score (nSPS) is 11.5. The van der Waals surface area contributed by atoms with E-state index in [1.807, 2.05) is 45.3 Å². The van der Waals surface area contributed by atoms with Crippen LogP contribution >= 0.6 is 77.2 Å². The van der Waals surface area contributed by atoms with Crippen molar-refractivity contribution in [2.75, 3.05) is 0 Å².